The zero-order valence-corrected chi connectivity index (χ0v) is 16.0. The molecular formula is C22H26N2O2. The molecule has 4 heteroatoms. The van der Waals surface area contributed by atoms with Crippen LogP contribution in [0.5, 0.6) is 0 Å². The molecule has 2 aromatic carbocycles. The molecular weight excluding hydrogens is 324 g/mol. The summed E-state index contributed by atoms with van der Waals surface area (Å²) in [6.07, 6.45) is 1.52. The Kier molecular flexibility index (Phi) is 5.98. The molecule has 0 radical (unpaired) electrons. The summed E-state index contributed by atoms with van der Waals surface area (Å²) in [7, 11) is 0. The molecule has 0 bridgehead atoms. The number of carbonyl (C=O) groups excluding carboxylic acids is 2. The number of anilines is 2. The van der Waals surface area contributed by atoms with Gasteiger partial charge in [-0.15, -0.1) is 0 Å². The van der Waals surface area contributed by atoms with Crippen molar-refractivity contribution in [2.75, 3.05) is 10.6 Å². The zero-order valence-electron chi connectivity index (χ0n) is 16.0. The van der Waals surface area contributed by atoms with Crippen molar-refractivity contribution in [3.05, 3.63) is 71.3 Å². The molecule has 0 saturated carbocycles. The largest absolute Gasteiger partial charge is 0.321 e. The van der Waals surface area contributed by atoms with Crippen molar-refractivity contribution < 1.29 is 9.59 Å². The third kappa shape index (κ3) is 5.31. The third-order valence-corrected chi connectivity index (χ3v) is 3.87. The predicted molar refractivity (Wildman–Crippen MR) is 108 cm³/mol. The molecule has 0 aliphatic rings. The topological polar surface area (TPSA) is 58.2 Å². The van der Waals surface area contributed by atoms with E-state index >= 15 is 0 Å². The number of hydrogen-bond acceptors (Lipinski definition) is 2. The highest BCUT2D eigenvalue weighted by Gasteiger charge is 2.15. The Morgan fingerprint density at radius 3 is 1.88 bits per heavy atom. The average Bonchev–Trinajstić information content (AvgIpc) is 2.55. The molecule has 2 aromatic rings. The highest BCUT2D eigenvalue weighted by atomic mass is 16.2. The minimum atomic E-state index is -0.221. The van der Waals surface area contributed by atoms with Crippen LogP contribution in [0.4, 0.5) is 11.4 Å². The van der Waals surface area contributed by atoms with E-state index in [9.17, 15) is 9.59 Å². The van der Waals surface area contributed by atoms with Crippen molar-refractivity contribution in [3.63, 3.8) is 0 Å². The fourth-order valence-corrected chi connectivity index (χ4v) is 2.45. The van der Waals surface area contributed by atoms with Crippen LogP contribution in [0, 0.1) is 0 Å². The first-order valence-corrected chi connectivity index (χ1v) is 8.63. The van der Waals surface area contributed by atoms with Gasteiger partial charge in [-0.25, -0.2) is 0 Å². The second kappa shape index (κ2) is 8.00. The van der Waals surface area contributed by atoms with Crippen molar-refractivity contribution in [1.29, 1.82) is 0 Å². The van der Waals surface area contributed by atoms with Gasteiger partial charge in [-0.3, -0.25) is 9.59 Å². The summed E-state index contributed by atoms with van der Waals surface area (Å²) in [4.78, 5) is 24.5. The van der Waals surface area contributed by atoms with Crippen molar-refractivity contribution in [2.45, 2.75) is 40.0 Å². The number of allylic oxidation sites excluding steroid dienone is 1. The van der Waals surface area contributed by atoms with Crippen molar-refractivity contribution in [2.24, 2.45) is 0 Å². The van der Waals surface area contributed by atoms with E-state index in [1.54, 1.807) is 12.1 Å². The Balaban J connectivity index is 2.17. The van der Waals surface area contributed by atoms with Gasteiger partial charge >= 0.3 is 0 Å². The molecule has 4 nitrogen and oxygen atoms in total. The minimum Gasteiger partial charge on any atom is -0.321 e. The second-order valence-corrected chi connectivity index (χ2v) is 7.54. The summed E-state index contributed by atoms with van der Waals surface area (Å²) in [6, 6.07) is 14.7. The van der Waals surface area contributed by atoms with Gasteiger partial charge in [0.05, 0.1) is 11.4 Å². The van der Waals surface area contributed by atoms with Crippen LogP contribution in [-0.2, 0) is 10.2 Å². The van der Waals surface area contributed by atoms with Crippen LogP contribution in [0.15, 0.2) is 60.2 Å². The number of carbonyl (C=O) groups is 2. The highest BCUT2D eigenvalue weighted by molar-refractivity contribution is 6.08. The molecule has 2 rings (SSSR count). The molecule has 0 aliphatic carbocycles. The van der Waals surface area contributed by atoms with Crippen LogP contribution in [0.1, 0.15) is 50.5 Å². The first-order valence-electron chi connectivity index (χ1n) is 8.63. The Hall–Kier alpha value is -2.88. The van der Waals surface area contributed by atoms with Crippen molar-refractivity contribution in [3.8, 4) is 0 Å². The smallest absolute Gasteiger partial charge is 0.255 e. The van der Waals surface area contributed by atoms with Gasteiger partial charge in [0.2, 0.25) is 5.91 Å². The molecule has 2 N–H and O–H groups in total. The lowest BCUT2D eigenvalue weighted by molar-refractivity contribution is -0.111. The van der Waals surface area contributed by atoms with Crippen LogP contribution >= 0.6 is 0 Å². The number of amides is 2. The molecule has 0 fully saturated rings. The quantitative estimate of drug-likeness (QED) is 0.750. The van der Waals surface area contributed by atoms with Gasteiger partial charge in [-0.2, -0.15) is 0 Å². The minimum absolute atomic E-state index is 0.0385. The summed E-state index contributed by atoms with van der Waals surface area (Å²) in [6.45, 7) is 10.1. The number of nitrogens with one attached hydrogen (secondary N) is 2. The molecule has 0 unspecified atom stereocenters. The normalized spacial score (nSPS) is 10.8. The summed E-state index contributed by atoms with van der Waals surface area (Å²) in [5.74, 6) is -0.435. The van der Waals surface area contributed by atoms with E-state index in [4.69, 9.17) is 0 Å². The van der Waals surface area contributed by atoms with Crippen molar-refractivity contribution >= 4 is 23.2 Å². The van der Waals surface area contributed by atoms with Crippen LogP contribution in [0.3, 0.4) is 0 Å². The number of hydrogen-bond donors (Lipinski definition) is 2. The highest BCUT2D eigenvalue weighted by Crippen LogP contribution is 2.24. The number of para-hydroxylation sites is 2. The lowest BCUT2D eigenvalue weighted by atomic mass is 9.87. The molecule has 0 heterocycles. The fourth-order valence-electron chi connectivity index (χ4n) is 2.45. The average molecular weight is 350 g/mol. The molecule has 0 aromatic heterocycles. The molecule has 2 amide bonds. The second-order valence-electron chi connectivity index (χ2n) is 7.54. The van der Waals surface area contributed by atoms with Gasteiger partial charge in [-0.1, -0.05) is 50.6 Å². The van der Waals surface area contributed by atoms with Crippen molar-refractivity contribution in [1.82, 2.24) is 0 Å². The van der Waals surface area contributed by atoms with Gasteiger partial charge in [0.25, 0.3) is 5.91 Å². The van der Waals surface area contributed by atoms with Gasteiger partial charge in [0.1, 0.15) is 0 Å². The van der Waals surface area contributed by atoms with E-state index in [2.05, 4.69) is 31.4 Å². The maximum absolute atomic E-state index is 12.6. The van der Waals surface area contributed by atoms with Crippen LogP contribution < -0.4 is 10.6 Å². The molecule has 0 saturated heterocycles. The summed E-state index contributed by atoms with van der Waals surface area (Å²) >= 11 is 0. The molecule has 0 aliphatic heterocycles. The third-order valence-electron chi connectivity index (χ3n) is 3.87. The predicted octanol–water partition coefficient (Wildman–Crippen LogP) is 5.14. The van der Waals surface area contributed by atoms with E-state index in [1.807, 2.05) is 50.2 Å². The van der Waals surface area contributed by atoms with Gasteiger partial charge in [0, 0.05) is 11.6 Å². The summed E-state index contributed by atoms with van der Waals surface area (Å²) < 4.78 is 0. The molecule has 26 heavy (non-hydrogen) atoms. The summed E-state index contributed by atoms with van der Waals surface area (Å²) in [5, 5.41) is 5.67. The standard InChI is InChI=1S/C22H26N2O2/c1-15(2)14-20(25)23-18-8-6-7-9-19(18)24-21(26)16-10-12-17(13-11-16)22(3,4)5/h6-14H,1-5H3,(H,23,25)(H,24,26). The van der Waals surface area contributed by atoms with E-state index in [0.29, 0.717) is 16.9 Å². The lowest BCUT2D eigenvalue weighted by Gasteiger charge is -2.19. The van der Waals surface area contributed by atoms with Gasteiger partial charge < -0.3 is 10.6 Å². The zero-order chi connectivity index (χ0) is 19.3. The number of rotatable bonds is 4. The monoisotopic (exact) mass is 350 g/mol. The van der Waals surface area contributed by atoms with E-state index in [-0.39, 0.29) is 17.2 Å². The summed E-state index contributed by atoms with van der Waals surface area (Å²) in [5.41, 5.74) is 3.81. The molecule has 0 spiro atoms. The maximum atomic E-state index is 12.6. The van der Waals surface area contributed by atoms with E-state index in [0.717, 1.165) is 5.57 Å². The number of benzene rings is 2. The lowest BCUT2D eigenvalue weighted by Crippen LogP contribution is -2.16. The molecule has 0 atom stereocenters. The SMILES string of the molecule is CC(C)=CC(=O)Nc1ccccc1NC(=O)c1ccc(C(C)(C)C)cc1. The Bertz CT molecular complexity index is 824. The Labute approximate surface area is 155 Å². The van der Waals surface area contributed by atoms with Crippen LogP contribution in [0.2, 0.25) is 0 Å². The first-order chi connectivity index (χ1) is 12.2. The maximum Gasteiger partial charge on any atom is 0.255 e. The molecule has 136 valence electrons. The van der Waals surface area contributed by atoms with E-state index in [1.165, 1.54) is 11.6 Å². The van der Waals surface area contributed by atoms with Gasteiger partial charge in [0.15, 0.2) is 0 Å². The Morgan fingerprint density at radius 2 is 1.38 bits per heavy atom. The van der Waals surface area contributed by atoms with E-state index < -0.39 is 0 Å². The fraction of sp³-hybridized carbons (Fsp3) is 0.273. The first kappa shape index (κ1) is 19.4. The Morgan fingerprint density at radius 1 is 0.846 bits per heavy atom. The van der Waals surface area contributed by atoms with Crippen LogP contribution in [-0.4, -0.2) is 11.8 Å². The van der Waals surface area contributed by atoms with Crippen LogP contribution in [0.25, 0.3) is 0 Å². The van der Waals surface area contributed by atoms with Gasteiger partial charge in [-0.05, 0) is 49.1 Å².